The number of aromatic nitrogens is 1. The zero-order valence-corrected chi connectivity index (χ0v) is 10.1. The van der Waals surface area contributed by atoms with E-state index >= 15 is 0 Å². The predicted molar refractivity (Wildman–Crippen MR) is 63.0 cm³/mol. The van der Waals surface area contributed by atoms with Crippen molar-refractivity contribution < 1.29 is 4.52 Å². The van der Waals surface area contributed by atoms with Crippen LogP contribution in [0, 0.1) is 0 Å². The molecule has 1 aromatic heterocycles. The summed E-state index contributed by atoms with van der Waals surface area (Å²) in [5.74, 6) is 0.340. The molecule has 0 saturated carbocycles. The molecule has 1 saturated heterocycles. The monoisotopic (exact) mass is 224 g/mol. The van der Waals surface area contributed by atoms with Crippen LogP contribution in [0.2, 0.25) is 0 Å². The molecule has 15 heavy (non-hydrogen) atoms. The SMILES string of the molecule is CCC1COP(C)C(c2cccnc2)N1. The van der Waals surface area contributed by atoms with Gasteiger partial charge in [-0.25, -0.2) is 0 Å². The first-order chi connectivity index (χ1) is 7.31. The molecule has 1 aromatic rings. The minimum atomic E-state index is -0.415. The molecule has 3 atom stereocenters. The van der Waals surface area contributed by atoms with Crippen LogP contribution in [0.3, 0.4) is 0 Å². The van der Waals surface area contributed by atoms with E-state index in [1.54, 1.807) is 0 Å². The van der Waals surface area contributed by atoms with E-state index in [2.05, 4.69) is 30.0 Å². The number of pyridine rings is 1. The van der Waals surface area contributed by atoms with Gasteiger partial charge in [-0.05, 0) is 24.7 Å². The first kappa shape index (κ1) is 11.0. The topological polar surface area (TPSA) is 34.1 Å². The highest BCUT2D eigenvalue weighted by molar-refractivity contribution is 7.52. The van der Waals surface area contributed by atoms with E-state index in [0.717, 1.165) is 13.0 Å². The molecule has 3 nitrogen and oxygen atoms in total. The molecule has 1 aliphatic heterocycles. The van der Waals surface area contributed by atoms with Crippen LogP contribution in [0.1, 0.15) is 24.7 Å². The fourth-order valence-corrected chi connectivity index (χ4v) is 3.30. The molecule has 2 heterocycles. The molecule has 82 valence electrons. The Morgan fingerprint density at radius 3 is 3.20 bits per heavy atom. The molecule has 2 rings (SSSR count). The van der Waals surface area contributed by atoms with Crippen LogP contribution in [-0.4, -0.2) is 24.3 Å². The van der Waals surface area contributed by atoms with Crippen LogP contribution in [0.25, 0.3) is 0 Å². The second-order valence-electron chi connectivity index (χ2n) is 3.80. The Hall–Kier alpha value is -0.500. The van der Waals surface area contributed by atoms with E-state index in [9.17, 15) is 0 Å². The van der Waals surface area contributed by atoms with Crippen LogP contribution in [-0.2, 0) is 4.52 Å². The molecule has 4 heteroatoms. The van der Waals surface area contributed by atoms with Gasteiger partial charge < -0.3 is 4.52 Å². The summed E-state index contributed by atoms with van der Waals surface area (Å²) < 4.78 is 5.82. The summed E-state index contributed by atoms with van der Waals surface area (Å²) in [6.07, 6.45) is 4.85. The normalized spacial score (nSPS) is 31.5. The molecule has 0 aliphatic carbocycles. The van der Waals surface area contributed by atoms with Crippen molar-refractivity contribution in [1.82, 2.24) is 10.3 Å². The zero-order valence-electron chi connectivity index (χ0n) is 9.18. The lowest BCUT2D eigenvalue weighted by molar-refractivity contribution is 0.245. The fourth-order valence-electron chi connectivity index (χ4n) is 1.74. The van der Waals surface area contributed by atoms with Gasteiger partial charge in [-0.15, -0.1) is 0 Å². The lowest BCUT2D eigenvalue weighted by Gasteiger charge is -2.35. The molecule has 1 aliphatic rings. The molecule has 0 radical (unpaired) electrons. The standard InChI is InChI=1S/C11H17N2OP/c1-3-10-8-14-15(2)11(13-10)9-5-4-6-12-7-9/h4-7,10-11,13H,3,8H2,1-2H3. The molecule has 0 amide bonds. The van der Waals surface area contributed by atoms with Crippen molar-refractivity contribution in [1.29, 1.82) is 0 Å². The van der Waals surface area contributed by atoms with Crippen LogP contribution < -0.4 is 5.32 Å². The second-order valence-corrected chi connectivity index (χ2v) is 5.67. The molecule has 0 spiro atoms. The van der Waals surface area contributed by atoms with Crippen molar-refractivity contribution in [3.63, 3.8) is 0 Å². The first-order valence-electron chi connectivity index (χ1n) is 5.33. The molecule has 0 bridgehead atoms. The van der Waals surface area contributed by atoms with Gasteiger partial charge >= 0.3 is 0 Å². The molecule has 1 N–H and O–H groups in total. The lowest BCUT2D eigenvalue weighted by atomic mass is 10.2. The van der Waals surface area contributed by atoms with E-state index < -0.39 is 8.15 Å². The summed E-state index contributed by atoms with van der Waals surface area (Å²) >= 11 is 0. The third-order valence-corrected chi connectivity index (χ3v) is 4.46. The number of nitrogens with one attached hydrogen (secondary N) is 1. The van der Waals surface area contributed by atoms with E-state index in [1.165, 1.54) is 5.56 Å². The van der Waals surface area contributed by atoms with Gasteiger partial charge in [0.1, 0.15) is 0 Å². The Morgan fingerprint density at radius 2 is 2.53 bits per heavy atom. The molecular weight excluding hydrogens is 207 g/mol. The Balaban J connectivity index is 2.13. The van der Waals surface area contributed by atoms with E-state index in [-0.39, 0.29) is 0 Å². The van der Waals surface area contributed by atoms with Crippen molar-refractivity contribution >= 4 is 8.15 Å². The number of hydrogen-bond acceptors (Lipinski definition) is 3. The third kappa shape index (κ3) is 2.54. The Bertz CT molecular complexity index is 307. The van der Waals surface area contributed by atoms with E-state index in [0.29, 0.717) is 11.8 Å². The molecule has 0 aromatic carbocycles. The van der Waals surface area contributed by atoms with Crippen LogP contribution >= 0.6 is 8.15 Å². The van der Waals surface area contributed by atoms with Gasteiger partial charge in [0.05, 0.1) is 12.4 Å². The third-order valence-electron chi connectivity index (χ3n) is 2.73. The Kier molecular flexibility index (Phi) is 3.68. The van der Waals surface area contributed by atoms with Gasteiger partial charge in [-0.3, -0.25) is 10.3 Å². The fraction of sp³-hybridized carbons (Fsp3) is 0.545. The zero-order chi connectivity index (χ0) is 10.7. The minimum Gasteiger partial charge on any atom is -0.356 e. The van der Waals surface area contributed by atoms with Crippen LogP contribution in [0.5, 0.6) is 0 Å². The maximum Gasteiger partial charge on any atom is 0.0787 e. The van der Waals surface area contributed by atoms with E-state index in [4.69, 9.17) is 4.52 Å². The van der Waals surface area contributed by atoms with Crippen molar-refractivity contribution in [2.24, 2.45) is 0 Å². The summed E-state index contributed by atoms with van der Waals surface area (Å²) in [6, 6.07) is 4.58. The molecular formula is C11H17N2OP. The van der Waals surface area contributed by atoms with Gasteiger partial charge in [0.25, 0.3) is 0 Å². The quantitative estimate of drug-likeness (QED) is 0.784. The first-order valence-corrected chi connectivity index (χ1v) is 7.10. The Morgan fingerprint density at radius 1 is 1.67 bits per heavy atom. The van der Waals surface area contributed by atoms with Gasteiger partial charge in [0.15, 0.2) is 0 Å². The highest BCUT2D eigenvalue weighted by Crippen LogP contribution is 2.49. The molecule has 1 fully saturated rings. The van der Waals surface area contributed by atoms with Crippen molar-refractivity contribution in [3.05, 3.63) is 30.1 Å². The maximum absolute atomic E-state index is 5.82. The molecule has 3 unspecified atom stereocenters. The smallest absolute Gasteiger partial charge is 0.0787 e. The summed E-state index contributed by atoms with van der Waals surface area (Å²) in [7, 11) is -0.415. The van der Waals surface area contributed by atoms with Gasteiger partial charge in [-0.1, -0.05) is 13.0 Å². The average molecular weight is 224 g/mol. The second kappa shape index (κ2) is 5.02. The predicted octanol–water partition coefficient (Wildman–Crippen LogP) is 2.51. The van der Waals surface area contributed by atoms with Crippen LogP contribution in [0.4, 0.5) is 0 Å². The van der Waals surface area contributed by atoms with Crippen molar-refractivity contribution in [2.75, 3.05) is 13.3 Å². The number of rotatable bonds is 2. The van der Waals surface area contributed by atoms with Gasteiger partial charge in [-0.2, -0.15) is 0 Å². The maximum atomic E-state index is 5.82. The lowest BCUT2D eigenvalue weighted by Crippen LogP contribution is -2.39. The van der Waals surface area contributed by atoms with Crippen LogP contribution in [0.15, 0.2) is 24.5 Å². The van der Waals surface area contributed by atoms with E-state index in [1.807, 2.05) is 18.5 Å². The Labute approximate surface area is 92.1 Å². The van der Waals surface area contributed by atoms with Crippen molar-refractivity contribution in [2.45, 2.75) is 25.2 Å². The summed E-state index contributed by atoms with van der Waals surface area (Å²) in [6.45, 7) is 5.20. The highest BCUT2D eigenvalue weighted by atomic mass is 31.1. The largest absolute Gasteiger partial charge is 0.356 e. The number of hydrogen-bond donors (Lipinski definition) is 1. The van der Waals surface area contributed by atoms with Crippen molar-refractivity contribution in [3.8, 4) is 0 Å². The van der Waals surface area contributed by atoms with Gasteiger partial charge in [0, 0.05) is 26.6 Å². The van der Waals surface area contributed by atoms with Gasteiger partial charge in [0.2, 0.25) is 0 Å². The minimum absolute atomic E-state index is 0.340. The summed E-state index contributed by atoms with van der Waals surface area (Å²) in [5.41, 5.74) is 1.24. The highest BCUT2D eigenvalue weighted by Gasteiger charge is 2.28. The average Bonchev–Trinajstić information content (AvgIpc) is 2.31. The summed E-state index contributed by atoms with van der Waals surface area (Å²) in [4.78, 5) is 4.16. The summed E-state index contributed by atoms with van der Waals surface area (Å²) in [5, 5.41) is 3.63. The number of nitrogens with zero attached hydrogens (tertiary/aromatic N) is 1.